The van der Waals surface area contributed by atoms with E-state index < -0.39 is 0 Å². The van der Waals surface area contributed by atoms with E-state index >= 15 is 0 Å². The Kier molecular flexibility index (Phi) is 6.77. The molecule has 4 heteroatoms. The maximum Gasteiger partial charge on any atom is 0.251 e. The molecular weight excluding hydrogens is 252 g/mol. The first-order chi connectivity index (χ1) is 9.54. The van der Waals surface area contributed by atoms with Crippen molar-refractivity contribution in [1.82, 2.24) is 10.2 Å². The third-order valence-electron chi connectivity index (χ3n) is 3.21. The van der Waals surface area contributed by atoms with Crippen molar-refractivity contribution in [3.05, 3.63) is 35.4 Å². The lowest BCUT2D eigenvalue weighted by Gasteiger charge is -2.20. The number of nitrogens with one attached hydrogen (secondary N) is 1. The molecular formula is C16H24N2O2. The van der Waals surface area contributed by atoms with Gasteiger partial charge in [-0.05, 0) is 25.5 Å². The van der Waals surface area contributed by atoms with Gasteiger partial charge in [-0.15, -0.1) is 0 Å². The van der Waals surface area contributed by atoms with Crippen LogP contribution in [0, 0.1) is 6.92 Å². The Morgan fingerprint density at radius 3 is 2.35 bits per heavy atom. The quantitative estimate of drug-likeness (QED) is 0.831. The lowest BCUT2D eigenvalue weighted by Crippen LogP contribution is -2.38. The lowest BCUT2D eigenvalue weighted by molar-refractivity contribution is -0.128. The Labute approximate surface area is 121 Å². The van der Waals surface area contributed by atoms with Crippen molar-refractivity contribution in [3.8, 4) is 0 Å². The highest BCUT2D eigenvalue weighted by atomic mass is 16.2. The minimum atomic E-state index is -0.0935. The van der Waals surface area contributed by atoms with E-state index in [1.165, 1.54) is 0 Å². The van der Waals surface area contributed by atoms with Crippen molar-refractivity contribution in [3.63, 3.8) is 0 Å². The zero-order chi connectivity index (χ0) is 15.0. The van der Waals surface area contributed by atoms with Gasteiger partial charge in [0.1, 0.15) is 0 Å². The zero-order valence-electron chi connectivity index (χ0n) is 12.6. The summed E-state index contributed by atoms with van der Waals surface area (Å²) in [7, 11) is 0. The molecule has 0 aliphatic carbocycles. The molecule has 110 valence electrons. The summed E-state index contributed by atoms with van der Waals surface area (Å²) in [5.41, 5.74) is 1.78. The third-order valence-corrected chi connectivity index (χ3v) is 3.21. The number of unbranched alkanes of at least 4 members (excludes halogenated alkanes) is 1. The van der Waals surface area contributed by atoms with Gasteiger partial charge in [0.2, 0.25) is 5.91 Å². The normalized spacial score (nSPS) is 10.2. The van der Waals surface area contributed by atoms with E-state index in [2.05, 4.69) is 12.2 Å². The fourth-order valence-corrected chi connectivity index (χ4v) is 1.89. The number of benzene rings is 1. The number of amides is 2. The van der Waals surface area contributed by atoms with Gasteiger partial charge in [-0.1, -0.05) is 31.0 Å². The molecule has 0 saturated heterocycles. The van der Waals surface area contributed by atoms with Gasteiger partial charge in [0.05, 0.1) is 0 Å². The Bertz CT molecular complexity index is 440. The van der Waals surface area contributed by atoms with Gasteiger partial charge in [0.25, 0.3) is 5.91 Å². The van der Waals surface area contributed by atoms with Gasteiger partial charge in [0.15, 0.2) is 0 Å². The van der Waals surface area contributed by atoms with Crippen LogP contribution < -0.4 is 5.32 Å². The molecule has 0 spiro atoms. The zero-order valence-corrected chi connectivity index (χ0v) is 12.6. The smallest absolute Gasteiger partial charge is 0.251 e. The van der Waals surface area contributed by atoms with Crippen LogP contribution in [0.1, 0.15) is 42.6 Å². The Hall–Kier alpha value is -1.84. The van der Waals surface area contributed by atoms with E-state index in [0.29, 0.717) is 18.7 Å². The molecule has 0 aliphatic rings. The van der Waals surface area contributed by atoms with Crippen LogP contribution in [0.2, 0.25) is 0 Å². The number of carbonyl (C=O) groups is 2. The van der Waals surface area contributed by atoms with Crippen LogP contribution in [0.3, 0.4) is 0 Å². The fraction of sp³-hybridized carbons (Fsp3) is 0.500. The van der Waals surface area contributed by atoms with Gasteiger partial charge in [0, 0.05) is 32.1 Å². The third kappa shape index (κ3) is 5.43. The van der Waals surface area contributed by atoms with E-state index in [9.17, 15) is 9.59 Å². The second-order valence-corrected chi connectivity index (χ2v) is 4.98. The molecule has 0 fully saturated rings. The lowest BCUT2D eigenvalue weighted by atomic mass is 10.1. The van der Waals surface area contributed by atoms with Gasteiger partial charge in [-0.3, -0.25) is 9.59 Å². The topological polar surface area (TPSA) is 49.4 Å². The minimum absolute atomic E-state index is 0.0584. The molecule has 1 rings (SSSR count). The first-order valence-corrected chi connectivity index (χ1v) is 7.15. The second kappa shape index (κ2) is 8.35. The van der Waals surface area contributed by atoms with Crippen LogP contribution in [-0.4, -0.2) is 36.3 Å². The second-order valence-electron chi connectivity index (χ2n) is 4.98. The molecule has 1 N–H and O–H groups in total. The summed E-state index contributed by atoms with van der Waals surface area (Å²) >= 11 is 0. The average molecular weight is 276 g/mol. The van der Waals surface area contributed by atoms with Crippen LogP contribution in [-0.2, 0) is 4.79 Å². The van der Waals surface area contributed by atoms with Crippen molar-refractivity contribution in [2.24, 2.45) is 0 Å². The molecule has 2 amide bonds. The van der Waals surface area contributed by atoms with Gasteiger partial charge in [-0.25, -0.2) is 0 Å². The van der Waals surface area contributed by atoms with Crippen LogP contribution in [0.5, 0.6) is 0 Å². The van der Waals surface area contributed by atoms with Crippen LogP contribution in [0.25, 0.3) is 0 Å². The summed E-state index contributed by atoms with van der Waals surface area (Å²) in [5.74, 6) is -0.0352. The number of nitrogens with zero attached hydrogens (tertiary/aromatic N) is 1. The summed E-state index contributed by atoms with van der Waals surface area (Å²) in [6.45, 7) is 7.45. The minimum Gasteiger partial charge on any atom is -0.350 e. The summed E-state index contributed by atoms with van der Waals surface area (Å²) in [4.78, 5) is 25.1. The van der Waals surface area contributed by atoms with Crippen molar-refractivity contribution in [2.75, 3.05) is 19.6 Å². The highest BCUT2D eigenvalue weighted by Crippen LogP contribution is 2.02. The maximum absolute atomic E-state index is 11.9. The fourth-order valence-electron chi connectivity index (χ4n) is 1.89. The summed E-state index contributed by atoms with van der Waals surface area (Å²) in [6.07, 6.45) is 2.05. The van der Waals surface area contributed by atoms with E-state index in [-0.39, 0.29) is 11.8 Å². The summed E-state index contributed by atoms with van der Waals surface area (Å²) in [6, 6.07) is 7.45. The number of aryl methyl sites for hydroxylation is 1. The number of rotatable bonds is 7. The van der Waals surface area contributed by atoms with E-state index in [1.54, 1.807) is 11.8 Å². The first-order valence-electron chi connectivity index (χ1n) is 7.15. The van der Waals surface area contributed by atoms with Crippen LogP contribution in [0.15, 0.2) is 24.3 Å². The molecule has 20 heavy (non-hydrogen) atoms. The first kappa shape index (κ1) is 16.2. The monoisotopic (exact) mass is 276 g/mol. The van der Waals surface area contributed by atoms with E-state index in [0.717, 1.165) is 24.9 Å². The summed E-state index contributed by atoms with van der Waals surface area (Å²) < 4.78 is 0. The predicted octanol–water partition coefficient (Wildman–Crippen LogP) is 2.37. The van der Waals surface area contributed by atoms with E-state index in [4.69, 9.17) is 0 Å². The molecule has 4 nitrogen and oxygen atoms in total. The van der Waals surface area contributed by atoms with Crippen molar-refractivity contribution in [2.45, 2.75) is 33.6 Å². The molecule has 0 aromatic heterocycles. The Balaban J connectivity index is 2.40. The molecule has 0 atom stereocenters. The standard InChI is InChI=1S/C16H24N2O2/c1-4-5-11-18(14(3)19)12-10-17-16(20)15-8-6-13(2)7-9-15/h6-9H,4-5,10-12H2,1-3H3,(H,17,20). The number of hydrogen-bond donors (Lipinski definition) is 1. The Morgan fingerprint density at radius 2 is 1.80 bits per heavy atom. The molecule has 0 unspecified atom stereocenters. The van der Waals surface area contributed by atoms with Gasteiger partial charge < -0.3 is 10.2 Å². The molecule has 0 bridgehead atoms. The molecule has 0 radical (unpaired) electrons. The van der Waals surface area contributed by atoms with Crippen molar-refractivity contribution in [1.29, 1.82) is 0 Å². The van der Waals surface area contributed by atoms with E-state index in [1.807, 2.05) is 31.2 Å². The average Bonchev–Trinajstić information content (AvgIpc) is 2.42. The number of hydrogen-bond acceptors (Lipinski definition) is 2. The number of carbonyl (C=O) groups excluding carboxylic acids is 2. The molecule has 0 heterocycles. The molecule has 1 aromatic carbocycles. The SMILES string of the molecule is CCCCN(CCNC(=O)c1ccc(C)cc1)C(C)=O. The molecule has 1 aromatic rings. The van der Waals surface area contributed by atoms with Crippen molar-refractivity contribution < 1.29 is 9.59 Å². The Morgan fingerprint density at radius 1 is 1.15 bits per heavy atom. The largest absolute Gasteiger partial charge is 0.350 e. The van der Waals surface area contributed by atoms with Gasteiger partial charge >= 0.3 is 0 Å². The van der Waals surface area contributed by atoms with Crippen LogP contribution in [0.4, 0.5) is 0 Å². The highest BCUT2D eigenvalue weighted by molar-refractivity contribution is 5.94. The van der Waals surface area contributed by atoms with Gasteiger partial charge in [-0.2, -0.15) is 0 Å². The highest BCUT2D eigenvalue weighted by Gasteiger charge is 2.09. The summed E-state index contributed by atoms with van der Waals surface area (Å²) in [5, 5.41) is 2.85. The van der Waals surface area contributed by atoms with Crippen molar-refractivity contribution >= 4 is 11.8 Å². The maximum atomic E-state index is 11.9. The predicted molar refractivity (Wildman–Crippen MR) is 80.7 cm³/mol. The molecule has 0 aliphatic heterocycles. The molecule has 0 saturated carbocycles. The van der Waals surface area contributed by atoms with Crippen LogP contribution >= 0.6 is 0 Å².